The first kappa shape index (κ1) is 19.6. The Morgan fingerprint density at radius 2 is 1.54 bits per heavy atom. The van der Waals surface area contributed by atoms with Gasteiger partial charge in [0.05, 0.1) is 10.6 Å². The summed E-state index contributed by atoms with van der Waals surface area (Å²) in [5, 5.41) is 5.89. The number of carbonyl (C=O) groups is 2. The lowest BCUT2D eigenvalue weighted by Gasteiger charge is -2.10. The quantitative estimate of drug-likeness (QED) is 0.590. The van der Waals surface area contributed by atoms with Crippen molar-refractivity contribution >= 4 is 29.1 Å². The van der Waals surface area contributed by atoms with Crippen LogP contribution < -0.4 is 10.6 Å². The van der Waals surface area contributed by atoms with Crippen LogP contribution in [0.4, 0.5) is 5.69 Å². The van der Waals surface area contributed by atoms with Crippen LogP contribution in [0.3, 0.4) is 0 Å². The highest BCUT2D eigenvalue weighted by molar-refractivity contribution is 6.34. The van der Waals surface area contributed by atoms with Gasteiger partial charge >= 0.3 is 0 Å². The molecule has 0 aliphatic heterocycles. The number of rotatable bonds is 6. The van der Waals surface area contributed by atoms with Gasteiger partial charge in [-0.1, -0.05) is 61.0 Å². The Labute approximate surface area is 169 Å². The van der Waals surface area contributed by atoms with Crippen molar-refractivity contribution in [2.75, 3.05) is 11.9 Å². The van der Waals surface area contributed by atoms with Crippen molar-refractivity contribution in [3.8, 4) is 11.1 Å². The Kier molecular flexibility index (Phi) is 6.45. The third-order valence-electron chi connectivity index (χ3n) is 4.26. The molecule has 0 fully saturated rings. The van der Waals surface area contributed by atoms with E-state index in [1.165, 1.54) is 0 Å². The maximum atomic E-state index is 12.5. The standard InChI is InChI=1S/C23H21ClN2O2/c1-2-14-25-23(28)20-13-12-19(15-21(20)24)26-22(27)18-10-8-17(9-11-18)16-6-4-3-5-7-16/h3-13,15H,2,14H2,1H3,(H,25,28)(H,26,27). The van der Waals surface area contributed by atoms with Gasteiger partial charge in [-0.15, -0.1) is 0 Å². The van der Waals surface area contributed by atoms with Gasteiger partial charge in [-0.2, -0.15) is 0 Å². The molecule has 0 radical (unpaired) electrons. The highest BCUT2D eigenvalue weighted by atomic mass is 35.5. The molecule has 0 bridgehead atoms. The molecule has 2 amide bonds. The number of hydrogen-bond donors (Lipinski definition) is 2. The van der Waals surface area contributed by atoms with Crippen LogP contribution in [0.25, 0.3) is 11.1 Å². The van der Waals surface area contributed by atoms with Crippen LogP contribution >= 0.6 is 11.6 Å². The second-order valence-corrected chi connectivity index (χ2v) is 6.76. The molecule has 0 heterocycles. The van der Waals surface area contributed by atoms with Gasteiger partial charge in [-0.3, -0.25) is 9.59 Å². The van der Waals surface area contributed by atoms with E-state index >= 15 is 0 Å². The summed E-state index contributed by atoms with van der Waals surface area (Å²) >= 11 is 6.21. The number of hydrogen-bond acceptors (Lipinski definition) is 2. The predicted molar refractivity (Wildman–Crippen MR) is 114 cm³/mol. The van der Waals surface area contributed by atoms with Crippen molar-refractivity contribution in [1.29, 1.82) is 0 Å². The Hall–Kier alpha value is -3.11. The summed E-state index contributed by atoms with van der Waals surface area (Å²) in [5.74, 6) is -0.458. The van der Waals surface area contributed by atoms with Crippen molar-refractivity contribution in [2.45, 2.75) is 13.3 Å². The molecule has 4 nitrogen and oxygen atoms in total. The number of anilines is 1. The molecule has 5 heteroatoms. The Bertz CT molecular complexity index is 970. The third kappa shape index (κ3) is 4.78. The lowest BCUT2D eigenvalue weighted by molar-refractivity contribution is 0.0953. The number of carbonyl (C=O) groups excluding carboxylic acids is 2. The topological polar surface area (TPSA) is 58.2 Å². The lowest BCUT2D eigenvalue weighted by atomic mass is 10.0. The first-order valence-electron chi connectivity index (χ1n) is 9.13. The maximum Gasteiger partial charge on any atom is 0.255 e. The molecule has 3 aromatic rings. The van der Waals surface area contributed by atoms with E-state index in [1.54, 1.807) is 30.3 Å². The minimum absolute atomic E-state index is 0.221. The van der Waals surface area contributed by atoms with Crippen LogP contribution in [-0.2, 0) is 0 Å². The lowest BCUT2D eigenvalue weighted by Crippen LogP contribution is -2.24. The van der Waals surface area contributed by atoms with Crippen LogP contribution in [0.2, 0.25) is 5.02 Å². The second-order valence-electron chi connectivity index (χ2n) is 6.35. The van der Waals surface area contributed by atoms with Crippen LogP contribution in [0.15, 0.2) is 72.8 Å². The second kappa shape index (κ2) is 9.20. The van der Waals surface area contributed by atoms with Crippen molar-refractivity contribution in [2.24, 2.45) is 0 Å². The third-order valence-corrected chi connectivity index (χ3v) is 4.57. The van der Waals surface area contributed by atoms with E-state index in [0.29, 0.717) is 28.4 Å². The van der Waals surface area contributed by atoms with Crippen LogP contribution in [0, 0.1) is 0 Å². The monoisotopic (exact) mass is 392 g/mol. The maximum absolute atomic E-state index is 12.5. The SMILES string of the molecule is CCCNC(=O)c1ccc(NC(=O)c2ccc(-c3ccccc3)cc2)cc1Cl. The Morgan fingerprint density at radius 3 is 2.18 bits per heavy atom. The average molecular weight is 393 g/mol. The fraction of sp³-hybridized carbons (Fsp3) is 0.130. The molecule has 2 N–H and O–H groups in total. The molecular weight excluding hydrogens is 372 g/mol. The fourth-order valence-corrected chi connectivity index (χ4v) is 3.03. The van der Waals surface area contributed by atoms with Gasteiger partial charge in [0.1, 0.15) is 0 Å². The average Bonchev–Trinajstić information content (AvgIpc) is 2.73. The molecule has 0 unspecified atom stereocenters. The van der Waals surface area contributed by atoms with E-state index in [1.807, 2.05) is 49.4 Å². The van der Waals surface area contributed by atoms with E-state index in [2.05, 4.69) is 10.6 Å². The summed E-state index contributed by atoms with van der Waals surface area (Å²) in [4.78, 5) is 24.5. The van der Waals surface area contributed by atoms with Gasteiger partial charge in [-0.25, -0.2) is 0 Å². The number of benzene rings is 3. The molecule has 0 aromatic heterocycles. The molecule has 142 valence electrons. The molecule has 0 aliphatic rings. The zero-order valence-electron chi connectivity index (χ0n) is 15.5. The first-order chi connectivity index (χ1) is 13.6. The molecule has 0 atom stereocenters. The molecule has 0 spiro atoms. The van der Waals surface area contributed by atoms with E-state index in [9.17, 15) is 9.59 Å². The number of halogens is 1. The van der Waals surface area contributed by atoms with E-state index < -0.39 is 0 Å². The molecule has 0 saturated carbocycles. The summed E-state index contributed by atoms with van der Waals surface area (Å²) in [6.45, 7) is 2.57. The highest BCUT2D eigenvalue weighted by Crippen LogP contribution is 2.23. The Morgan fingerprint density at radius 1 is 0.857 bits per heavy atom. The summed E-state index contributed by atoms with van der Waals surface area (Å²) in [7, 11) is 0. The fourth-order valence-electron chi connectivity index (χ4n) is 2.76. The van der Waals surface area contributed by atoms with E-state index in [4.69, 9.17) is 11.6 Å². The smallest absolute Gasteiger partial charge is 0.255 e. The zero-order valence-corrected chi connectivity index (χ0v) is 16.3. The van der Waals surface area contributed by atoms with Gasteiger partial charge in [0.15, 0.2) is 0 Å². The minimum atomic E-state index is -0.237. The highest BCUT2D eigenvalue weighted by Gasteiger charge is 2.12. The minimum Gasteiger partial charge on any atom is -0.352 e. The van der Waals surface area contributed by atoms with Crippen LogP contribution in [-0.4, -0.2) is 18.4 Å². The zero-order chi connectivity index (χ0) is 19.9. The first-order valence-corrected chi connectivity index (χ1v) is 9.51. The van der Waals surface area contributed by atoms with Gasteiger partial charge in [0, 0.05) is 17.8 Å². The normalized spacial score (nSPS) is 10.4. The van der Waals surface area contributed by atoms with Crippen molar-refractivity contribution in [1.82, 2.24) is 5.32 Å². The van der Waals surface area contributed by atoms with Gasteiger partial charge in [-0.05, 0) is 47.9 Å². The van der Waals surface area contributed by atoms with Crippen molar-refractivity contribution in [3.63, 3.8) is 0 Å². The predicted octanol–water partition coefficient (Wildman–Crippen LogP) is 5.40. The molecule has 3 aromatic carbocycles. The van der Waals surface area contributed by atoms with Crippen LogP contribution in [0.5, 0.6) is 0 Å². The summed E-state index contributed by atoms with van der Waals surface area (Å²) < 4.78 is 0. The Balaban J connectivity index is 1.69. The molecular formula is C23H21ClN2O2. The van der Waals surface area contributed by atoms with Crippen molar-refractivity contribution < 1.29 is 9.59 Å². The number of amides is 2. The summed E-state index contributed by atoms with van der Waals surface area (Å²) in [6, 6.07) is 22.2. The van der Waals surface area contributed by atoms with Crippen molar-refractivity contribution in [3.05, 3.63) is 88.9 Å². The van der Waals surface area contributed by atoms with E-state index in [0.717, 1.165) is 17.5 Å². The molecule has 28 heavy (non-hydrogen) atoms. The van der Waals surface area contributed by atoms with Gasteiger partial charge in [0.25, 0.3) is 11.8 Å². The number of nitrogens with one attached hydrogen (secondary N) is 2. The van der Waals surface area contributed by atoms with Crippen LogP contribution in [0.1, 0.15) is 34.1 Å². The molecule has 0 saturated heterocycles. The van der Waals surface area contributed by atoms with E-state index in [-0.39, 0.29) is 11.8 Å². The molecule has 0 aliphatic carbocycles. The van der Waals surface area contributed by atoms with Gasteiger partial charge < -0.3 is 10.6 Å². The summed E-state index contributed by atoms with van der Waals surface area (Å²) in [6.07, 6.45) is 0.848. The van der Waals surface area contributed by atoms with Gasteiger partial charge in [0.2, 0.25) is 0 Å². The molecule has 3 rings (SSSR count). The largest absolute Gasteiger partial charge is 0.352 e. The summed E-state index contributed by atoms with van der Waals surface area (Å²) in [5.41, 5.74) is 3.61.